The summed E-state index contributed by atoms with van der Waals surface area (Å²) in [5.41, 5.74) is 1.09. The average molecular weight is 278 g/mol. The molecule has 1 unspecified atom stereocenters. The van der Waals surface area contributed by atoms with E-state index in [1.54, 1.807) is 0 Å². The third-order valence-electron chi connectivity index (χ3n) is 4.13. The van der Waals surface area contributed by atoms with Gasteiger partial charge in [-0.1, -0.05) is 12.1 Å². The van der Waals surface area contributed by atoms with Crippen molar-refractivity contribution in [1.29, 1.82) is 0 Å². The van der Waals surface area contributed by atoms with Crippen LogP contribution in [0.25, 0.3) is 0 Å². The number of rotatable bonds is 4. The topological polar surface area (TPSA) is 50.4 Å². The first-order valence-corrected chi connectivity index (χ1v) is 7.06. The van der Waals surface area contributed by atoms with E-state index >= 15 is 0 Å². The fraction of sp³-hybridized carbons (Fsp3) is 0.533. The molecule has 5 heteroatoms. The van der Waals surface area contributed by atoms with Crippen molar-refractivity contribution in [2.45, 2.75) is 24.4 Å². The Morgan fingerprint density at radius 3 is 2.75 bits per heavy atom. The highest BCUT2D eigenvalue weighted by Crippen LogP contribution is 2.47. The van der Waals surface area contributed by atoms with Crippen LogP contribution in [0.15, 0.2) is 24.3 Å². The molecule has 1 heterocycles. The lowest BCUT2D eigenvalue weighted by Crippen LogP contribution is -2.49. The van der Waals surface area contributed by atoms with E-state index in [4.69, 9.17) is 4.74 Å². The van der Waals surface area contributed by atoms with Gasteiger partial charge >= 0.3 is 0 Å². The minimum atomic E-state index is -0.396. The quantitative estimate of drug-likeness (QED) is 0.862. The molecule has 108 valence electrons. The molecule has 0 radical (unpaired) electrons. The van der Waals surface area contributed by atoms with Crippen LogP contribution in [0.2, 0.25) is 0 Å². The molecule has 20 heavy (non-hydrogen) atoms. The van der Waals surface area contributed by atoms with E-state index in [2.05, 4.69) is 10.6 Å². The lowest BCUT2D eigenvalue weighted by molar-refractivity contribution is -0.134. The van der Waals surface area contributed by atoms with Crippen LogP contribution in [-0.4, -0.2) is 38.3 Å². The summed E-state index contributed by atoms with van der Waals surface area (Å²) in [4.78, 5) is 12.0. The molecule has 1 aromatic carbocycles. The van der Waals surface area contributed by atoms with E-state index in [0.29, 0.717) is 19.7 Å². The molecule has 1 amide bonds. The summed E-state index contributed by atoms with van der Waals surface area (Å²) in [6, 6.07) is 6.58. The number of halogens is 1. The highest BCUT2D eigenvalue weighted by Gasteiger charge is 2.44. The van der Waals surface area contributed by atoms with Crippen molar-refractivity contribution in [2.24, 2.45) is 0 Å². The molecule has 1 saturated heterocycles. The van der Waals surface area contributed by atoms with Gasteiger partial charge in [0.2, 0.25) is 5.91 Å². The molecule has 1 atom stereocenters. The zero-order chi connectivity index (χ0) is 14.0. The molecular formula is C15H19FN2O2. The molecule has 1 saturated carbocycles. The molecule has 1 aliphatic heterocycles. The second-order valence-corrected chi connectivity index (χ2v) is 5.57. The van der Waals surface area contributed by atoms with E-state index in [1.165, 1.54) is 12.1 Å². The Labute approximate surface area is 117 Å². The van der Waals surface area contributed by atoms with Crippen molar-refractivity contribution < 1.29 is 13.9 Å². The maximum atomic E-state index is 13.0. The monoisotopic (exact) mass is 278 g/mol. The van der Waals surface area contributed by atoms with Gasteiger partial charge in [0.05, 0.1) is 6.61 Å². The van der Waals surface area contributed by atoms with Gasteiger partial charge in [0.1, 0.15) is 11.9 Å². The zero-order valence-electron chi connectivity index (χ0n) is 11.3. The van der Waals surface area contributed by atoms with Crippen LogP contribution < -0.4 is 10.6 Å². The fourth-order valence-electron chi connectivity index (χ4n) is 2.63. The van der Waals surface area contributed by atoms with Gasteiger partial charge in [-0.25, -0.2) is 4.39 Å². The van der Waals surface area contributed by atoms with Crippen molar-refractivity contribution in [3.63, 3.8) is 0 Å². The first-order chi connectivity index (χ1) is 9.70. The third kappa shape index (κ3) is 2.83. The third-order valence-corrected chi connectivity index (χ3v) is 4.13. The molecule has 1 aromatic rings. The number of nitrogens with one attached hydrogen (secondary N) is 2. The van der Waals surface area contributed by atoms with Gasteiger partial charge in [0.15, 0.2) is 0 Å². The van der Waals surface area contributed by atoms with E-state index in [1.807, 2.05) is 12.1 Å². The summed E-state index contributed by atoms with van der Waals surface area (Å²) in [6.07, 6.45) is 1.67. The molecule has 2 N–H and O–H groups in total. The molecule has 4 nitrogen and oxygen atoms in total. The van der Waals surface area contributed by atoms with Crippen LogP contribution in [0.3, 0.4) is 0 Å². The van der Waals surface area contributed by atoms with Gasteiger partial charge in [-0.05, 0) is 30.5 Å². The van der Waals surface area contributed by atoms with E-state index in [-0.39, 0.29) is 17.1 Å². The number of carbonyl (C=O) groups excluding carboxylic acids is 1. The number of ether oxygens (including phenoxy) is 1. The standard InChI is InChI=1S/C15H19FN2O2/c16-12-3-1-11(2-4-12)15(5-6-15)10-18-14(19)13-9-17-7-8-20-13/h1-4,13,17H,5-10H2,(H,18,19). The smallest absolute Gasteiger partial charge is 0.250 e. The number of morpholine rings is 1. The predicted octanol–water partition coefficient (Wildman–Crippen LogP) is 0.962. The predicted molar refractivity (Wildman–Crippen MR) is 72.9 cm³/mol. The second-order valence-electron chi connectivity index (χ2n) is 5.57. The minimum absolute atomic E-state index is 0.00848. The highest BCUT2D eigenvalue weighted by molar-refractivity contribution is 5.81. The van der Waals surface area contributed by atoms with Crippen LogP contribution in [0.5, 0.6) is 0 Å². The Morgan fingerprint density at radius 1 is 1.40 bits per heavy atom. The number of hydrogen-bond donors (Lipinski definition) is 2. The van der Waals surface area contributed by atoms with E-state index < -0.39 is 6.10 Å². The van der Waals surface area contributed by atoms with Gasteiger partial charge in [-0.15, -0.1) is 0 Å². The molecule has 2 fully saturated rings. The normalized spacial score (nSPS) is 24.1. The Morgan fingerprint density at radius 2 is 2.15 bits per heavy atom. The van der Waals surface area contributed by atoms with Crippen LogP contribution in [-0.2, 0) is 14.9 Å². The molecule has 3 rings (SSSR count). The van der Waals surface area contributed by atoms with Gasteiger partial charge in [0.25, 0.3) is 0 Å². The van der Waals surface area contributed by atoms with Crippen LogP contribution >= 0.6 is 0 Å². The summed E-state index contributed by atoms with van der Waals surface area (Å²) in [7, 11) is 0. The molecule has 0 spiro atoms. The summed E-state index contributed by atoms with van der Waals surface area (Å²) < 4.78 is 18.4. The molecular weight excluding hydrogens is 259 g/mol. The minimum Gasteiger partial charge on any atom is -0.366 e. The van der Waals surface area contributed by atoms with Crippen LogP contribution in [0.1, 0.15) is 18.4 Å². The maximum Gasteiger partial charge on any atom is 0.250 e. The second kappa shape index (κ2) is 5.50. The summed E-state index contributed by atoms with van der Waals surface area (Å²) in [5, 5.41) is 6.11. The van der Waals surface area contributed by atoms with Crippen molar-refractivity contribution in [3.05, 3.63) is 35.6 Å². The van der Waals surface area contributed by atoms with Crippen LogP contribution in [0.4, 0.5) is 4.39 Å². The van der Waals surface area contributed by atoms with Crippen molar-refractivity contribution in [2.75, 3.05) is 26.2 Å². The molecule has 2 aliphatic rings. The number of amides is 1. The van der Waals surface area contributed by atoms with Gasteiger partial charge < -0.3 is 15.4 Å². The zero-order valence-corrected chi connectivity index (χ0v) is 11.3. The lowest BCUT2D eigenvalue weighted by Gasteiger charge is -2.24. The first-order valence-electron chi connectivity index (χ1n) is 7.06. The Balaban J connectivity index is 1.57. The largest absolute Gasteiger partial charge is 0.366 e. The molecule has 1 aliphatic carbocycles. The van der Waals surface area contributed by atoms with E-state index in [9.17, 15) is 9.18 Å². The SMILES string of the molecule is O=C(NCC1(c2ccc(F)cc2)CC1)C1CNCCO1. The summed E-state index contributed by atoms with van der Waals surface area (Å²) in [6.45, 7) is 2.52. The Hall–Kier alpha value is -1.46. The summed E-state index contributed by atoms with van der Waals surface area (Å²) in [5.74, 6) is -0.291. The number of hydrogen-bond acceptors (Lipinski definition) is 3. The van der Waals surface area contributed by atoms with Gasteiger partial charge in [-0.2, -0.15) is 0 Å². The van der Waals surface area contributed by atoms with Gasteiger partial charge in [0, 0.05) is 25.0 Å². The Bertz CT molecular complexity index is 479. The number of benzene rings is 1. The first kappa shape index (κ1) is 13.5. The lowest BCUT2D eigenvalue weighted by atomic mass is 9.96. The molecule has 0 aromatic heterocycles. The molecule has 0 bridgehead atoms. The average Bonchev–Trinajstić information content (AvgIpc) is 3.27. The van der Waals surface area contributed by atoms with Crippen molar-refractivity contribution in [1.82, 2.24) is 10.6 Å². The van der Waals surface area contributed by atoms with Crippen molar-refractivity contribution in [3.8, 4) is 0 Å². The summed E-state index contributed by atoms with van der Waals surface area (Å²) >= 11 is 0. The van der Waals surface area contributed by atoms with Gasteiger partial charge in [-0.3, -0.25) is 4.79 Å². The Kier molecular flexibility index (Phi) is 3.72. The van der Waals surface area contributed by atoms with Crippen molar-refractivity contribution >= 4 is 5.91 Å². The highest BCUT2D eigenvalue weighted by atomic mass is 19.1. The maximum absolute atomic E-state index is 13.0. The number of carbonyl (C=O) groups is 1. The fourth-order valence-corrected chi connectivity index (χ4v) is 2.63. The van der Waals surface area contributed by atoms with Crippen LogP contribution in [0, 0.1) is 5.82 Å². The van der Waals surface area contributed by atoms with E-state index in [0.717, 1.165) is 24.9 Å².